The van der Waals surface area contributed by atoms with Gasteiger partial charge in [-0.2, -0.15) is 0 Å². The van der Waals surface area contributed by atoms with Gasteiger partial charge in [0.2, 0.25) is 0 Å². The van der Waals surface area contributed by atoms with E-state index in [1.807, 2.05) is 0 Å². The summed E-state index contributed by atoms with van der Waals surface area (Å²) < 4.78 is 0. The van der Waals surface area contributed by atoms with Crippen molar-refractivity contribution in [3.63, 3.8) is 0 Å². The Bertz CT molecular complexity index is 698. The molecule has 4 aliphatic rings. The summed E-state index contributed by atoms with van der Waals surface area (Å²) in [5.41, 5.74) is 2.41. The average molecular weight is 431 g/mol. The maximum Gasteiger partial charge on any atom is 0.303 e. The number of rotatable bonds is 7. The van der Waals surface area contributed by atoms with Crippen LogP contribution in [0.1, 0.15) is 105 Å². The zero-order chi connectivity index (χ0) is 22.4. The number of hydrogen-bond donors (Lipinski definition) is 2. The highest BCUT2D eigenvalue weighted by Crippen LogP contribution is 2.67. The van der Waals surface area contributed by atoms with E-state index in [0.717, 1.165) is 48.9 Å². The molecular formula is C28H46O3. The lowest BCUT2D eigenvalue weighted by Crippen LogP contribution is -2.50. The molecule has 0 bridgehead atoms. The van der Waals surface area contributed by atoms with Gasteiger partial charge in [-0.15, -0.1) is 0 Å². The molecule has 3 heteroatoms. The monoisotopic (exact) mass is 430 g/mol. The van der Waals surface area contributed by atoms with Crippen molar-refractivity contribution in [1.29, 1.82) is 0 Å². The SMILES string of the molecule is C[C@H](CCC[C@@H](C)[C@H]1CC[C@H]2[C@@H]3CC=C4C[C@@H](O)CC[C@]4(C)[C@H]3CC[C@]12C)CC(=O)O. The van der Waals surface area contributed by atoms with Crippen LogP contribution in [0.3, 0.4) is 0 Å². The maximum absolute atomic E-state index is 10.9. The summed E-state index contributed by atoms with van der Waals surface area (Å²) in [6.07, 6.45) is 16.1. The highest BCUT2D eigenvalue weighted by atomic mass is 16.4. The lowest BCUT2D eigenvalue weighted by molar-refractivity contribution is -0.138. The Hall–Kier alpha value is -0.830. The number of carboxylic acids is 1. The number of fused-ring (bicyclic) bond motifs is 5. The van der Waals surface area contributed by atoms with E-state index in [1.165, 1.54) is 51.4 Å². The lowest BCUT2D eigenvalue weighted by atomic mass is 9.47. The molecule has 0 aromatic carbocycles. The van der Waals surface area contributed by atoms with Gasteiger partial charge in [0.15, 0.2) is 0 Å². The molecule has 0 unspecified atom stereocenters. The number of aliphatic hydroxyl groups is 1. The van der Waals surface area contributed by atoms with Gasteiger partial charge >= 0.3 is 5.97 Å². The standard InChI is InChI=1S/C28H46O3/c1-18(16-26(30)31)6-5-7-19(2)23-10-11-24-22-9-8-20-17-21(29)12-14-27(20,3)25(22)13-15-28(23,24)4/h8,18-19,21-25,29H,5-7,9-17H2,1-4H3,(H,30,31)/t18-,19-,21+,22+,23-,24+,25+,27+,28-/m1/s1. The molecule has 31 heavy (non-hydrogen) atoms. The van der Waals surface area contributed by atoms with Crippen LogP contribution in [-0.2, 0) is 4.79 Å². The molecule has 0 saturated heterocycles. The molecule has 0 aliphatic heterocycles. The van der Waals surface area contributed by atoms with E-state index >= 15 is 0 Å². The molecule has 4 rings (SSSR count). The van der Waals surface area contributed by atoms with Crippen molar-refractivity contribution >= 4 is 5.97 Å². The van der Waals surface area contributed by atoms with E-state index in [4.69, 9.17) is 5.11 Å². The Morgan fingerprint density at radius 3 is 2.61 bits per heavy atom. The minimum absolute atomic E-state index is 0.111. The van der Waals surface area contributed by atoms with Gasteiger partial charge in [0.25, 0.3) is 0 Å². The fourth-order valence-electron chi connectivity index (χ4n) is 9.01. The molecule has 0 aromatic heterocycles. The van der Waals surface area contributed by atoms with Gasteiger partial charge in [-0.1, -0.05) is 58.6 Å². The first kappa shape index (κ1) is 23.3. The fraction of sp³-hybridized carbons (Fsp3) is 0.893. The highest BCUT2D eigenvalue weighted by Gasteiger charge is 2.59. The van der Waals surface area contributed by atoms with Crippen molar-refractivity contribution in [3.8, 4) is 0 Å². The van der Waals surface area contributed by atoms with Gasteiger partial charge in [0.1, 0.15) is 0 Å². The van der Waals surface area contributed by atoms with E-state index < -0.39 is 5.97 Å². The van der Waals surface area contributed by atoms with Gasteiger partial charge in [0.05, 0.1) is 6.10 Å². The lowest BCUT2D eigenvalue weighted by Gasteiger charge is -2.58. The maximum atomic E-state index is 10.9. The minimum atomic E-state index is -0.658. The van der Waals surface area contributed by atoms with E-state index in [1.54, 1.807) is 5.57 Å². The highest BCUT2D eigenvalue weighted by molar-refractivity contribution is 5.66. The molecule has 4 aliphatic carbocycles. The molecule has 0 amide bonds. The van der Waals surface area contributed by atoms with Crippen molar-refractivity contribution in [2.24, 2.45) is 46.3 Å². The van der Waals surface area contributed by atoms with Crippen LogP contribution in [0.25, 0.3) is 0 Å². The number of carboxylic acid groups (broad SMARTS) is 1. The molecule has 3 fully saturated rings. The third-order valence-electron chi connectivity index (χ3n) is 10.7. The third-order valence-corrected chi connectivity index (χ3v) is 10.7. The number of aliphatic hydroxyl groups excluding tert-OH is 1. The summed E-state index contributed by atoms with van der Waals surface area (Å²) in [4.78, 5) is 10.9. The molecule has 3 saturated carbocycles. The van der Waals surface area contributed by atoms with Crippen LogP contribution < -0.4 is 0 Å². The quantitative estimate of drug-likeness (QED) is 0.435. The van der Waals surface area contributed by atoms with Gasteiger partial charge in [-0.05, 0) is 97.7 Å². The van der Waals surface area contributed by atoms with Crippen LogP contribution in [0.4, 0.5) is 0 Å². The summed E-state index contributed by atoms with van der Waals surface area (Å²) in [5, 5.41) is 19.2. The van der Waals surface area contributed by atoms with E-state index in [2.05, 4.69) is 33.8 Å². The summed E-state index contributed by atoms with van der Waals surface area (Å²) in [6, 6.07) is 0. The number of hydrogen-bond acceptors (Lipinski definition) is 2. The summed E-state index contributed by atoms with van der Waals surface area (Å²) in [7, 11) is 0. The molecule has 0 heterocycles. The third kappa shape index (κ3) is 4.25. The van der Waals surface area contributed by atoms with Crippen LogP contribution in [0, 0.1) is 46.3 Å². The minimum Gasteiger partial charge on any atom is -0.481 e. The Kier molecular flexibility index (Phi) is 6.65. The molecule has 0 aromatic rings. The van der Waals surface area contributed by atoms with Crippen LogP contribution in [0.5, 0.6) is 0 Å². The number of aliphatic carboxylic acids is 1. The smallest absolute Gasteiger partial charge is 0.303 e. The van der Waals surface area contributed by atoms with Gasteiger partial charge < -0.3 is 10.2 Å². The Labute approximate surface area is 190 Å². The molecular weight excluding hydrogens is 384 g/mol. The average Bonchev–Trinajstić information content (AvgIpc) is 3.05. The van der Waals surface area contributed by atoms with Crippen molar-refractivity contribution in [2.75, 3.05) is 0 Å². The van der Waals surface area contributed by atoms with Gasteiger partial charge in [0, 0.05) is 6.42 Å². The molecule has 176 valence electrons. The van der Waals surface area contributed by atoms with Gasteiger partial charge in [-0.25, -0.2) is 0 Å². The summed E-state index contributed by atoms with van der Waals surface area (Å²) >= 11 is 0. The van der Waals surface area contributed by atoms with Gasteiger partial charge in [-0.3, -0.25) is 4.79 Å². The zero-order valence-corrected chi connectivity index (χ0v) is 20.4. The first-order chi connectivity index (χ1) is 14.6. The number of carbonyl (C=O) groups is 1. The summed E-state index contributed by atoms with van der Waals surface area (Å²) in [5.74, 6) is 3.75. The second-order valence-electron chi connectivity index (χ2n) is 12.5. The second kappa shape index (κ2) is 8.84. The van der Waals surface area contributed by atoms with E-state index in [-0.39, 0.29) is 6.10 Å². The predicted octanol–water partition coefficient (Wildman–Crippen LogP) is 6.84. The van der Waals surface area contributed by atoms with Crippen LogP contribution in [0.15, 0.2) is 11.6 Å². The molecule has 3 nitrogen and oxygen atoms in total. The largest absolute Gasteiger partial charge is 0.481 e. The zero-order valence-electron chi connectivity index (χ0n) is 20.4. The van der Waals surface area contributed by atoms with E-state index in [0.29, 0.717) is 23.2 Å². The molecule has 0 spiro atoms. The Morgan fingerprint density at radius 1 is 1.10 bits per heavy atom. The molecule has 9 atom stereocenters. The topological polar surface area (TPSA) is 57.5 Å². The van der Waals surface area contributed by atoms with Crippen LogP contribution in [0.2, 0.25) is 0 Å². The van der Waals surface area contributed by atoms with Crippen molar-refractivity contribution in [2.45, 2.75) is 111 Å². The van der Waals surface area contributed by atoms with Crippen LogP contribution >= 0.6 is 0 Å². The predicted molar refractivity (Wildman–Crippen MR) is 126 cm³/mol. The summed E-state index contributed by atoms with van der Waals surface area (Å²) in [6.45, 7) is 9.72. The van der Waals surface area contributed by atoms with Crippen molar-refractivity contribution in [1.82, 2.24) is 0 Å². The Morgan fingerprint density at radius 2 is 1.87 bits per heavy atom. The first-order valence-electron chi connectivity index (χ1n) is 13.2. The normalized spacial score (nSPS) is 43.9. The Balaban J connectivity index is 1.41. The fourth-order valence-corrected chi connectivity index (χ4v) is 9.01. The second-order valence-corrected chi connectivity index (χ2v) is 12.5. The van der Waals surface area contributed by atoms with Crippen molar-refractivity contribution < 1.29 is 15.0 Å². The number of allylic oxidation sites excluding steroid dienone is 1. The van der Waals surface area contributed by atoms with E-state index in [9.17, 15) is 9.90 Å². The first-order valence-corrected chi connectivity index (χ1v) is 13.2. The molecule has 0 radical (unpaired) electrons. The van der Waals surface area contributed by atoms with Crippen molar-refractivity contribution in [3.05, 3.63) is 11.6 Å². The van der Waals surface area contributed by atoms with Crippen LogP contribution in [-0.4, -0.2) is 22.3 Å². The molecule has 2 N–H and O–H groups in total.